The maximum absolute atomic E-state index is 13.1. The van der Waals surface area contributed by atoms with Crippen LogP contribution in [0.3, 0.4) is 0 Å². The number of halogens is 1. The summed E-state index contributed by atoms with van der Waals surface area (Å²) in [7, 11) is 0. The van der Waals surface area contributed by atoms with Gasteiger partial charge in [-0.2, -0.15) is 0 Å². The molecule has 0 aliphatic carbocycles. The molecule has 0 atom stereocenters. The molecule has 2 N–H and O–H groups in total. The van der Waals surface area contributed by atoms with E-state index in [1.807, 2.05) is 17.9 Å². The maximum atomic E-state index is 13.1. The summed E-state index contributed by atoms with van der Waals surface area (Å²) in [5, 5.41) is 4.52. The highest BCUT2D eigenvalue weighted by molar-refractivity contribution is 6.30. The number of nitrogens with one attached hydrogen (secondary N) is 2. The van der Waals surface area contributed by atoms with E-state index in [2.05, 4.69) is 29.4 Å². The Balaban J connectivity index is 1.43. The molecule has 30 heavy (non-hydrogen) atoms. The van der Waals surface area contributed by atoms with Crippen LogP contribution in [0.4, 0.5) is 10.5 Å². The molecule has 2 aromatic carbocycles. The number of hydrogen-bond acceptors (Lipinski definition) is 2. The van der Waals surface area contributed by atoms with Crippen LogP contribution in [-0.4, -0.2) is 52.9 Å². The van der Waals surface area contributed by atoms with E-state index in [9.17, 15) is 9.59 Å². The summed E-state index contributed by atoms with van der Waals surface area (Å²) < 4.78 is 0. The van der Waals surface area contributed by atoms with Crippen molar-refractivity contribution in [3.05, 3.63) is 64.3 Å². The van der Waals surface area contributed by atoms with Crippen molar-refractivity contribution in [3.63, 3.8) is 0 Å². The van der Waals surface area contributed by atoms with Gasteiger partial charge in [-0.1, -0.05) is 23.7 Å². The molecule has 2 heterocycles. The van der Waals surface area contributed by atoms with E-state index >= 15 is 0 Å². The van der Waals surface area contributed by atoms with Crippen molar-refractivity contribution in [1.82, 2.24) is 14.8 Å². The number of H-pyrrole nitrogens is 1. The molecule has 1 aliphatic heterocycles. The first-order valence-electron chi connectivity index (χ1n) is 10.1. The Morgan fingerprint density at radius 3 is 2.57 bits per heavy atom. The van der Waals surface area contributed by atoms with Crippen LogP contribution in [-0.2, 0) is 0 Å². The van der Waals surface area contributed by atoms with Crippen LogP contribution in [0.15, 0.2) is 42.5 Å². The van der Waals surface area contributed by atoms with Gasteiger partial charge in [-0.05, 0) is 61.7 Å². The number of aromatic amines is 1. The van der Waals surface area contributed by atoms with Crippen LogP contribution >= 0.6 is 11.6 Å². The minimum Gasteiger partial charge on any atom is -0.351 e. The predicted molar refractivity (Wildman–Crippen MR) is 120 cm³/mol. The lowest BCUT2D eigenvalue weighted by atomic mass is 10.1. The summed E-state index contributed by atoms with van der Waals surface area (Å²) in [6.45, 7) is 6.30. The summed E-state index contributed by atoms with van der Waals surface area (Å²) in [4.78, 5) is 32.5. The number of rotatable bonds is 2. The van der Waals surface area contributed by atoms with E-state index in [-0.39, 0.29) is 11.9 Å². The molecule has 0 spiro atoms. The lowest BCUT2D eigenvalue weighted by molar-refractivity contribution is 0.0758. The molecular formula is C23H25ClN4O2. The quantitative estimate of drug-likeness (QED) is 0.619. The molecular weight excluding hydrogens is 400 g/mol. The van der Waals surface area contributed by atoms with E-state index in [1.54, 1.807) is 29.2 Å². The van der Waals surface area contributed by atoms with Gasteiger partial charge in [-0.15, -0.1) is 0 Å². The van der Waals surface area contributed by atoms with Crippen LogP contribution in [0.5, 0.6) is 0 Å². The number of hydrogen-bond donors (Lipinski definition) is 2. The molecule has 0 saturated carbocycles. The SMILES string of the molecule is Cc1cc(C)c2cc(C(=O)N3CCCN(C(=O)Nc4cccc(Cl)c4)CC3)[nH]c2c1. The Labute approximate surface area is 180 Å². The van der Waals surface area contributed by atoms with Gasteiger partial charge in [-0.25, -0.2) is 4.79 Å². The molecule has 0 bridgehead atoms. The van der Waals surface area contributed by atoms with Gasteiger partial charge in [0.2, 0.25) is 0 Å². The van der Waals surface area contributed by atoms with Crippen LogP contribution in [0.2, 0.25) is 5.02 Å². The van der Waals surface area contributed by atoms with Crippen LogP contribution in [0, 0.1) is 13.8 Å². The van der Waals surface area contributed by atoms with Gasteiger partial charge in [0.05, 0.1) is 0 Å². The molecule has 6 nitrogen and oxygen atoms in total. The van der Waals surface area contributed by atoms with E-state index in [4.69, 9.17) is 11.6 Å². The summed E-state index contributed by atoms with van der Waals surface area (Å²) in [5.74, 6) is -0.0275. The van der Waals surface area contributed by atoms with Gasteiger partial charge in [-0.3, -0.25) is 4.79 Å². The number of aromatic nitrogens is 1. The van der Waals surface area contributed by atoms with Gasteiger partial charge in [0.15, 0.2) is 0 Å². The van der Waals surface area contributed by atoms with Gasteiger partial charge >= 0.3 is 6.03 Å². The Bertz CT molecular complexity index is 1110. The molecule has 1 fully saturated rings. The van der Waals surface area contributed by atoms with Crippen molar-refractivity contribution in [2.45, 2.75) is 20.3 Å². The number of aryl methyl sites for hydroxylation is 2. The molecule has 7 heteroatoms. The Kier molecular flexibility index (Phi) is 5.68. The number of nitrogens with zero attached hydrogens (tertiary/aromatic N) is 2. The summed E-state index contributed by atoms with van der Waals surface area (Å²) in [6.07, 6.45) is 0.729. The van der Waals surface area contributed by atoms with Gasteiger partial charge in [0.25, 0.3) is 5.91 Å². The Morgan fingerprint density at radius 1 is 1.00 bits per heavy atom. The van der Waals surface area contributed by atoms with E-state index in [1.165, 1.54) is 0 Å². The highest BCUT2D eigenvalue weighted by atomic mass is 35.5. The molecule has 0 unspecified atom stereocenters. The number of amides is 3. The monoisotopic (exact) mass is 424 g/mol. The Morgan fingerprint density at radius 2 is 1.77 bits per heavy atom. The lowest BCUT2D eigenvalue weighted by Gasteiger charge is -2.22. The molecule has 156 valence electrons. The zero-order chi connectivity index (χ0) is 21.3. The summed E-state index contributed by atoms with van der Waals surface area (Å²) in [6, 6.07) is 13.0. The Hall–Kier alpha value is -2.99. The van der Waals surface area contributed by atoms with Crippen molar-refractivity contribution in [3.8, 4) is 0 Å². The highest BCUT2D eigenvalue weighted by Crippen LogP contribution is 2.23. The first-order valence-corrected chi connectivity index (χ1v) is 10.5. The standard InChI is InChI=1S/C23H25ClN4O2/c1-15-11-16(2)19-14-21(26-20(19)12-15)22(29)27-7-4-8-28(10-9-27)23(30)25-18-6-3-5-17(24)13-18/h3,5-6,11-14,26H,4,7-10H2,1-2H3,(H,25,30). The van der Waals surface area contributed by atoms with E-state index in [0.717, 1.165) is 28.5 Å². The van der Waals surface area contributed by atoms with Crippen molar-refractivity contribution in [2.24, 2.45) is 0 Å². The molecule has 1 aliphatic rings. The normalized spacial score (nSPS) is 14.6. The molecule has 0 radical (unpaired) electrons. The van der Waals surface area contributed by atoms with Crippen molar-refractivity contribution in [2.75, 3.05) is 31.5 Å². The number of benzene rings is 2. The third-order valence-corrected chi connectivity index (χ3v) is 5.70. The van der Waals surface area contributed by atoms with Crippen molar-refractivity contribution < 1.29 is 9.59 Å². The molecule has 1 saturated heterocycles. The number of carbonyl (C=O) groups is 2. The second kappa shape index (κ2) is 8.40. The van der Waals surface area contributed by atoms with E-state index in [0.29, 0.717) is 42.6 Å². The fraction of sp³-hybridized carbons (Fsp3) is 0.304. The third kappa shape index (κ3) is 4.28. The van der Waals surface area contributed by atoms with E-state index < -0.39 is 0 Å². The average Bonchev–Trinajstić information content (AvgIpc) is 2.97. The van der Waals surface area contributed by atoms with Gasteiger partial charge in [0.1, 0.15) is 5.69 Å². The zero-order valence-corrected chi connectivity index (χ0v) is 17.9. The molecule has 3 amide bonds. The maximum Gasteiger partial charge on any atom is 0.321 e. The summed E-state index contributed by atoms with van der Waals surface area (Å²) >= 11 is 5.99. The average molecular weight is 425 g/mol. The van der Waals surface area contributed by atoms with Crippen LogP contribution in [0.25, 0.3) is 10.9 Å². The fourth-order valence-electron chi connectivity index (χ4n) is 3.98. The number of anilines is 1. The minimum atomic E-state index is -0.178. The number of carbonyl (C=O) groups excluding carboxylic acids is 2. The smallest absolute Gasteiger partial charge is 0.321 e. The molecule has 3 aromatic rings. The van der Waals surface area contributed by atoms with Crippen LogP contribution in [0.1, 0.15) is 28.0 Å². The predicted octanol–water partition coefficient (Wildman–Crippen LogP) is 4.82. The second-order valence-corrected chi connectivity index (χ2v) is 8.24. The van der Waals surface area contributed by atoms with Crippen LogP contribution < -0.4 is 5.32 Å². The third-order valence-electron chi connectivity index (χ3n) is 5.47. The molecule has 1 aromatic heterocycles. The van der Waals surface area contributed by atoms with Crippen molar-refractivity contribution in [1.29, 1.82) is 0 Å². The second-order valence-electron chi connectivity index (χ2n) is 7.80. The fourth-order valence-corrected chi connectivity index (χ4v) is 4.17. The highest BCUT2D eigenvalue weighted by Gasteiger charge is 2.24. The summed E-state index contributed by atoms with van der Waals surface area (Å²) in [5.41, 5.74) is 4.55. The van der Waals surface area contributed by atoms with Gasteiger partial charge in [0, 0.05) is 47.8 Å². The van der Waals surface area contributed by atoms with Crippen molar-refractivity contribution >= 4 is 40.1 Å². The van der Waals surface area contributed by atoms with Gasteiger partial charge < -0.3 is 20.1 Å². The number of fused-ring (bicyclic) bond motifs is 1. The largest absolute Gasteiger partial charge is 0.351 e. The minimum absolute atomic E-state index is 0.0275. The number of urea groups is 1. The zero-order valence-electron chi connectivity index (χ0n) is 17.2. The topological polar surface area (TPSA) is 68.4 Å². The first-order chi connectivity index (χ1) is 14.4. The molecule has 4 rings (SSSR count). The first kappa shape index (κ1) is 20.3. The lowest BCUT2D eigenvalue weighted by Crippen LogP contribution is -2.39.